The van der Waals surface area contributed by atoms with E-state index in [0.29, 0.717) is 0 Å². The van der Waals surface area contributed by atoms with Crippen LogP contribution in [0.15, 0.2) is 29.4 Å². The molecule has 0 radical (unpaired) electrons. The van der Waals surface area contributed by atoms with Gasteiger partial charge in [0.2, 0.25) is 0 Å². The Morgan fingerprint density at radius 1 is 1.47 bits per heavy atom. The SMILES string of the molecule is CON=C(OP(=O)(O)CC(C)C)c1ccccc1F. The van der Waals surface area contributed by atoms with E-state index in [0.717, 1.165) is 0 Å². The number of hydrogen-bond acceptors (Lipinski definition) is 4. The summed E-state index contributed by atoms with van der Waals surface area (Å²) < 4.78 is 30.4. The number of nitrogens with zero attached hydrogens (tertiary/aromatic N) is 1. The molecule has 0 aliphatic carbocycles. The Kier molecular flexibility index (Phi) is 5.51. The van der Waals surface area contributed by atoms with Gasteiger partial charge in [0.25, 0.3) is 5.90 Å². The zero-order valence-electron chi connectivity index (χ0n) is 11.0. The van der Waals surface area contributed by atoms with Gasteiger partial charge in [-0.2, -0.15) is 0 Å². The summed E-state index contributed by atoms with van der Waals surface area (Å²) in [6.07, 6.45) is -0.0514. The fourth-order valence-corrected chi connectivity index (χ4v) is 2.87. The van der Waals surface area contributed by atoms with Gasteiger partial charge in [0.1, 0.15) is 12.9 Å². The van der Waals surface area contributed by atoms with E-state index < -0.39 is 13.4 Å². The Labute approximate surface area is 111 Å². The smallest absolute Gasteiger partial charge is 0.378 e. The lowest BCUT2D eigenvalue weighted by Crippen LogP contribution is -2.11. The zero-order chi connectivity index (χ0) is 14.5. The van der Waals surface area contributed by atoms with Gasteiger partial charge in [-0.05, 0) is 23.2 Å². The highest BCUT2D eigenvalue weighted by Crippen LogP contribution is 2.44. The first-order valence-corrected chi connectivity index (χ1v) is 7.49. The van der Waals surface area contributed by atoms with E-state index in [4.69, 9.17) is 4.52 Å². The maximum Gasteiger partial charge on any atom is 0.378 e. The van der Waals surface area contributed by atoms with Crippen molar-refractivity contribution in [1.82, 2.24) is 0 Å². The van der Waals surface area contributed by atoms with Crippen molar-refractivity contribution in [1.29, 1.82) is 0 Å². The second-order valence-corrected chi connectivity index (χ2v) is 6.19. The Bertz CT molecular complexity index is 504. The fraction of sp³-hybridized carbons (Fsp3) is 0.417. The number of rotatable bonds is 5. The van der Waals surface area contributed by atoms with Crippen LogP contribution in [0.1, 0.15) is 19.4 Å². The fourth-order valence-electron chi connectivity index (χ4n) is 1.47. The highest BCUT2D eigenvalue weighted by molar-refractivity contribution is 7.53. The normalized spacial score (nSPS) is 15.2. The van der Waals surface area contributed by atoms with Gasteiger partial charge in [-0.25, -0.2) is 8.96 Å². The summed E-state index contributed by atoms with van der Waals surface area (Å²) in [5.41, 5.74) is -0.0256. The van der Waals surface area contributed by atoms with Gasteiger partial charge in [-0.1, -0.05) is 26.0 Å². The molecular formula is C12H17FNO4P. The van der Waals surface area contributed by atoms with E-state index in [9.17, 15) is 13.8 Å². The number of hydrogen-bond donors (Lipinski definition) is 1. The lowest BCUT2D eigenvalue weighted by atomic mass is 10.2. The first-order chi connectivity index (χ1) is 8.85. The van der Waals surface area contributed by atoms with Crippen LogP contribution in [0.2, 0.25) is 0 Å². The predicted octanol–water partition coefficient (Wildman–Crippen LogP) is 2.99. The minimum absolute atomic E-state index is 0.0256. The summed E-state index contributed by atoms with van der Waals surface area (Å²) in [4.78, 5) is 14.2. The van der Waals surface area contributed by atoms with E-state index in [-0.39, 0.29) is 23.5 Å². The molecule has 1 aromatic rings. The Morgan fingerprint density at radius 2 is 2.11 bits per heavy atom. The van der Waals surface area contributed by atoms with Crippen LogP contribution in [0, 0.1) is 11.7 Å². The van der Waals surface area contributed by atoms with Crippen LogP contribution in [-0.4, -0.2) is 24.1 Å². The van der Waals surface area contributed by atoms with Crippen LogP contribution < -0.4 is 0 Å². The molecule has 0 spiro atoms. The van der Waals surface area contributed by atoms with Crippen LogP contribution in [0.4, 0.5) is 4.39 Å². The van der Waals surface area contributed by atoms with Gasteiger partial charge in [-0.3, -0.25) is 0 Å². The molecule has 0 aromatic heterocycles. The first kappa shape index (κ1) is 15.7. The minimum Gasteiger partial charge on any atom is -0.402 e. The lowest BCUT2D eigenvalue weighted by Gasteiger charge is -2.16. The van der Waals surface area contributed by atoms with Gasteiger partial charge in [0, 0.05) is 0 Å². The Balaban J connectivity index is 3.01. The highest BCUT2D eigenvalue weighted by atomic mass is 31.2. The molecule has 0 amide bonds. The summed E-state index contributed by atoms with van der Waals surface area (Å²) in [5, 5.41) is 3.47. The quantitative estimate of drug-likeness (QED) is 0.391. The zero-order valence-corrected chi connectivity index (χ0v) is 11.9. The van der Waals surface area contributed by atoms with Gasteiger partial charge in [-0.15, -0.1) is 0 Å². The van der Waals surface area contributed by atoms with E-state index >= 15 is 0 Å². The van der Waals surface area contributed by atoms with Gasteiger partial charge in [0.15, 0.2) is 0 Å². The van der Waals surface area contributed by atoms with Crippen molar-refractivity contribution in [2.75, 3.05) is 13.3 Å². The third-order valence-corrected chi connectivity index (χ3v) is 3.75. The first-order valence-electron chi connectivity index (χ1n) is 5.73. The largest absolute Gasteiger partial charge is 0.402 e. The topological polar surface area (TPSA) is 68.1 Å². The molecule has 0 saturated carbocycles. The van der Waals surface area contributed by atoms with Crippen molar-refractivity contribution in [3.63, 3.8) is 0 Å². The van der Waals surface area contributed by atoms with Crippen molar-refractivity contribution >= 4 is 13.5 Å². The third kappa shape index (κ3) is 5.01. The maximum atomic E-state index is 13.6. The molecule has 0 aliphatic rings. The van der Waals surface area contributed by atoms with Crippen LogP contribution in [0.3, 0.4) is 0 Å². The predicted molar refractivity (Wildman–Crippen MR) is 70.6 cm³/mol. The molecular weight excluding hydrogens is 272 g/mol. The summed E-state index contributed by atoms with van der Waals surface area (Å²) in [5.74, 6) is -0.991. The number of halogens is 1. The number of oxime groups is 1. The second kappa shape index (κ2) is 6.68. The van der Waals surface area contributed by atoms with Gasteiger partial charge < -0.3 is 14.3 Å². The maximum absolute atomic E-state index is 13.6. The average Bonchev–Trinajstić information content (AvgIpc) is 2.27. The summed E-state index contributed by atoms with van der Waals surface area (Å²) >= 11 is 0. The molecule has 1 unspecified atom stereocenters. The Hall–Kier alpha value is -1.39. The molecule has 1 rings (SSSR count). The molecule has 0 saturated heterocycles. The van der Waals surface area contributed by atoms with Crippen molar-refractivity contribution in [3.05, 3.63) is 35.6 Å². The van der Waals surface area contributed by atoms with E-state index in [1.54, 1.807) is 19.9 Å². The minimum atomic E-state index is -3.90. The molecule has 0 fully saturated rings. The molecule has 0 heterocycles. The summed E-state index contributed by atoms with van der Waals surface area (Å²) in [6, 6.07) is 5.66. The van der Waals surface area contributed by atoms with E-state index in [1.807, 2.05) is 0 Å². The molecule has 1 N–H and O–H groups in total. The van der Waals surface area contributed by atoms with E-state index in [1.165, 1.54) is 25.3 Å². The van der Waals surface area contributed by atoms with Crippen LogP contribution >= 0.6 is 7.60 Å². The monoisotopic (exact) mass is 289 g/mol. The standard InChI is InChI=1S/C12H17FNO4P/c1-9(2)8-19(15,16)18-12(14-17-3)10-6-4-5-7-11(10)13/h4-7,9H,8H2,1-3H3,(H,15,16). The molecule has 1 aromatic carbocycles. The summed E-state index contributed by atoms with van der Waals surface area (Å²) in [6.45, 7) is 3.56. The summed E-state index contributed by atoms with van der Waals surface area (Å²) in [7, 11) is -2.65. The average molecular weight is 289 g/mol. The van der Waals surface area contributed by atoms with Crippen LogP contribution in [-0.2, 0) is 13.9 Å². The molecule has 7 heteroatoms. The lowest BCUT2D eigenvalue weighted by molar-refractivity contribution is 0.204. The Morgan fingerprint density at radius 3 is 2.63 bits per heavy atom. The second-order valence-electron chi connectivity index (χ2n) is 4.36. The van der Waals surface area contributed by atoms with Crippen molar-refractivity contribution in [2.45, 2.75) is 13.8 Å². The number of benzene rings is 1. The third-order valence-electron chi connectivity index (χ3n) is 2.10. The highest BCUT2D eigenvalue weighted by Gasteiger charge is 2.26. The van der Waals surface area contributed by atoms with Gasteiger partial charge >= 0.3 is 7.60 Å². The van der Waals surface area contributed by atoms with E-state index in [2.05, 4.69) is 9.99 Å². The molecule has 5 nitrogen and oxygen atoms in total. The molecule has 0 aliphatic heterocycles. The van der Waals surface area contributed by atoms with Crippen molar-refractivity contribution in [3.8, 4) is 0 Å². The molecule has 19 heavy (non-hydrogen) atoms. The van der Waals surface area contributed by atoms with Crippen LogP contribution in [0.25, 0.3) is 0 Å². The van der Waals surface area contributed by atoms with Crippen LogP contribution in [0.5, 0.6) is 0 Å². The van der Waals surface area contributed by atoms with Crippen molar-refractivity contribution < 1.29 is 23.2 Å². The molecule has 1 atom stereocenters. The van der Waals surface area contributed by atoms with Crippen molar-refractivity contribution in [2.24, 2.45) is 11.1 Å². The van der Waals surface area contributed by atoms with Gasteiger partial charge in [0.05, 0.1) is 11.7 Å². The molecule has 0 bridgehead atoms. The molecule has 106 valence electrons.